The number of carbonyl (C=O) groups excluding carboxylic acids is 5. The number of rotatable bonds is 11. The number of urea groups is 1. The summed E-state index contributed by atoms with van der Waals surface area (Å²) in [5, 5.41) is 11.0. The highest BCUT2D eigenvalue weighted by molar-refractivity contribution is 7.79. The molecular formula is C29H46N5O7S-. The molecule has 0 aromatic rings. The van der Waals surface area contributed by atoms with Gasteiger partial charge >= 0.3 is 6.03 Å². The van der Waals surface area contributed by atoms with Crippen molar-refractivity contribution in [1.82, 2.24) is 26.2 Å². The number of nitrogens with one attached hydrogen (secondary N) is 4. The fourth-order valence-electron chi connectivity index (χ4n) is 6.98. The van der Waals surface area contributed by atoms with Gasteiger partial charge in [0.25, 0.3) is 5.91 Å². The van der Waals surface area contributed by atoms with E-state index in [-0.39, 0.29) is 17.7 Å². The first-order valence-corrected chi connectivity index (χ1v) is 16.7. The van der Waals surface area contributed by atoms with E-state index in [2.05, 4.69) is 21.3 Å². The Labute approximate surface area is 250 Å². The first-order valence-electron chi connectivity index (χ1n) is 15.5. The van der Waals surface area contributed by atoms with E-state index in [1.807, 2.05) is 6.92 Å². The van der Waals surface area contributed by atoms with E-state index >= 15 is 0 Å². The molecule has 0 aromatic carbocycles. The Kier molecular flexibility index (Phi) is 10.3. The molecule has 0 bridgehead atoms. The second-order valence-corrected chi connectivity index (χ2v) is 14.2. The van der Waals surface area contributed by atoms with Gasteiger partial charge in [0, 0.05) is 18.3 Å². The Morgan fingerprint density at radius 2 is 1.52 bits per heavy atom. The van der Waals surface area contributed by atoms with Gasteiger partial charge in [-0.05, 0) is 63.7 Å². The van der Waals surface area contributed by atoms with Crippen LogP contribution < -0.4 is 21.3 Å². The zero-order valence-electron chi connectivity index (χ0n) is 24.9. The van der Waals surface area contributed by atoms with Crippen molar-refractivity contribution in [3.8, 4) is 0 Å². The first-order chi connectivity index (χ1) is 19.9. The first kappa shape index (κ1) is 32.4. The maximum absolute atomic E-state index is 14.3. The van der Waals surface area contributed by atoms with Gasteiger partial charge in [-0.3, -0.25) is 23.4 Å². The molecule has 42 heavy (non-hydrogen) atoms. The number of Topliss-reactive ketones (excluding diaryl/α,β-unsaturated/α-hetero) is 1. The van der Waals surface area contributed by atoms with Crippen molar-refractivity contribution in [2.75, 3.05) is 18.8 Å². The molecular weight excluding hydrogens is 562 g/mol. The van der Waals surface area contributed by atoms with Crippen LogP contribution in [0.15, 0.2) is 0 Å². The number of nitrogens with zero attached hydrogens (tertiary/aromatic N) is 1. The summed E-state index contributed by atoms with van der Waals surface area (Å²) in [7, 11) is 0. The maximum Gasteiger partial charge on any atom is 0.315 e. The minimum atomic E-state index is -2.34. The molecule has 1 heterocycles. The van der Waals surface area contributed by atoms with E-state index in [1.54, 1.807) is 6.92 Å². The van der Waals surface area contributed by atoms with Crippen molar-refractivity contribution in [2.45, 2.75) is 127 Å². The van der Waals surface area contributed by atoms with Crippen molar-refractivity contribution in [3.63, 3.8) is 0 Å². The van der Waals surface area contributed by atoms with Crippen molar-refractivity contribution in [3.05, 3.63) is 0 Å². The quantitative estimate of drug-likeness (QED) is 0.203. The minimum absolute atomic E-state index is 0.0239. The van der Waals surface area contributed by atoms with Gasteiger partial charge in [0.1, 0.15) is 11.6 Å². The van der Waals surface area contributed by atoms with Crippen LogP contribution in [-0.4, -0.2) is 85.2 Å². The van der Waals surface area contributed by atoms with E-state index in [1.165, 1.54) is 4.90 Å². The highest BCUT2D eigenvalue weighted by Crippen LogP contribution is 2.41. The van der Waals surface area contributed by atoms with Crippen LogP contribution in [-0.2, 0) is 30.3 Å². The highest BCUT2D eigenvalue weighted by Gasteiger charge is 2.51. The predicted octanol–water partition coefficient (Wildman–Crippen LogP) is 1.55. The smallest absolute Gasteiger partial charge is 0.315 e. The Hall–Kier alpha value is -2.54. The zero-order valence-corrected chi connectivity index (χ0v) is 25.7. The van der Waals surface area contributed by atoms with E-state index in [9.17, 15) is 32.7 Å². The molecule has 4 aliphatic rings. The van der Waals surface area contributed by atoms with E-state index < -0.39 is 63.8 Å². The van der Waals surface area contributed by atoms with Crippen molar-refractivity contribution < 1.29 is 32.7 Å². The third kappa shape index (κ3) is 7.69. The third-order valence-electron chi connectivity index (χ3n) is 9.77. The van der Waals surface area contributed by atoms with E-state index in [0.717, 1.165) is 64.2 Å². The van der Waals surface area contributed by atoms with Gasteiger partial charge in [0.05, 0.1) is 12.1 Å². The van der Waals surface area contributed by atoms with Crippen LogP contribution in [0.4, 0.5) is 4.79 Å². The van der Waals surface area contributed by atoms with Crippen molar-refractivity contribution in [2.24, 2.45) is 5.41 Å². The van der Waals surface area contributed by atoms with Crippen LogP contribution in [0.2, 0.25) is 0 Å². The van der Waals surface area contributed by atoms with Gasteiger partial charge in [-0.25, -0.2) is 4.79 Å². The number of hydrogen-bond acceptors (Lipinski definition) is 7. The summed E-state index contributed by atoms with van der Waals surface area (Å²) in [5.41, 5.74) is -2.68. The molecule has 5 amide bonds. The van der Waals surface area contributed by atoms with Gasteiger partial charge < -0.3 is 30.7 Å². The molecule has 0 radical (unpaired) electrons. The van der Waals surface area contributed by atoms with Crippen LogP contribution >= 0.6 is 0 Å². The monoisotopic (exact) mass is 608 g/mol. The lowest BCUT2D eigenvalue weighted by Crippen LogP contribution is -2.65. The van der Waals surface area contributed by atoms with E-state index in [4.69, 9.17) is 0 Å². The molecule has 3 atom stereocenters. The van der Waals surface area contributed by atoms with Crippen LogP contribution in [0.3, 0.4) is 0 Å². The summed E-state index contributed by atoms with van der Waals surface area (Å²) in [4.78, 5) is 67.0. The third-order valence-corrected chi connectivity index (χ3v) is 10.6. The molecule has 3 aliphatic carbocycles. The Morgan fingerprint density at radius 3 is 2.12 bits per heavy atom. The van der Waals surface area contributed by atoms with Crippen LogP contribution in [0.25, 0.3) is 0 Å². The van der Waals surface area contributed by atoms with Gasteiger partial charge in [-0.2, -0.15) is 0 Å². The lowest BCUT2D eigenvalue weighted by molar-refractivity contribution is -0.148. The number of carbonyl (C=O) groups is 5. The Balaban J connectivity index is 1.49. The molecule has 0 aromatic heterocycles. The second kappa shape index (κ2) is 13.4. The molecule has 3 saturated carbocycles. The number of hydrogen-bond donors (Lipinski definition) is 4. The summed E-state index contributed by atoms with van der Waals surface area (Å²) in [6.07, 6.45) is 10.6. The van der Waals surface area contributed by atoms with Crippen LogP contribution in [0, 0.1) is 5.41 Å². The summed E-state index contributed by atoms with van der Waals surface area (Å²) in [5.74, 6) is -2.53. The largest absolute Gasteiger partial charge is 0.772 e. The second-order valence-electron chi connectivity index (χ2n) is 13.3. The number of amides is 5. The molecule has 236 valence electrons. The fraction of sp³-hybridized carbons (Fsp3) is 0.828. The SMILES string of the molecule is CC1(C(NC(=O)NC2(CS(=O)[O-])CCCCC2)C(=O)N2CCCC2(C)C(=O)NCC(=O)C(=O)NC2CC2)CCCCC1. The molecule has 3 unspecified atom stereocenters. The Bertz CT molecular complexity index is 1080. The molecule has 0 spiro atoms. The normalized spacial score (nSPS) is 26.4. The number of likely N-dealkylation sites (tertiary alicyclic amines) is 1. The van der Waals surface area contributed by atoms with Crippen LogP contribution in [0.1, 0.15) is 104 Å². The minimum Gasteiger partial charge on any atom is -0.772 e. The molecule has 1 saturated heterocycles. The van der Waals surface area contributed by atoms with Crippen molar-refractivity contribution in [1.29, 1.82) is 0 Å². The Morgan fingerprint density at radius 1 is 0.905 bits per heavy atom. The van der Waals surface area contributed by atoms with Crippen molar-refractivity contribution >= 4 is 40.6 Å². The van der Waals surface area contributed by atoms with Gasteiger partial charge in [0.2, 0.25) is 17.6 Å². The van der Waals surface area contributed by atoms with Gasteiger partial charge in [-0.1, -0.05) is 56.5 Å². The fourth-order valence-corrected chi connectivity index (χ4v) is 7.80. The zero-order chi connectivity index (χ0) is 30.5. The van der Waals surface area contributed by atoms with Crippen LogP contribution in [0.5, 0.6) is 0 Å². The molecule has 4 rings (SSSR count). The summed E-state index contributed by atoms with van der Waals surface area (Å²) in [6.45, 7) is 3.50. The summed E-state index contributed by atoms with van der Waals surface area (Å²) in [6, 6.07) is -1.48. The standard InChI is InChI=1S/C29H47N5O7S/c1-27(12-5-3-6-13-27)22(32-26(39)33-29(19-42(40)41)15-7-4-8-16-29)24(37)34-17-9-14-28(34,2)25(38)30-18-21(35)23(36)31-20-10-11-20/h20,22H,3-19H2,1-2H3,(H,30,38)(H,31,36)(H,40,41)(H2,32,33,39)/p-1. The molecule has 4 N–H and O–H groups in total. The lowest BCUT2D eigenvalue weighted by Gasteiger charge is -2.45. The average molecular weight is 609 g/mol. The van der Waals surface area contributed by atoms with Gasteiger partial charge in [-0.15, -0.1) is 0 Å². The predicted molar refractivity (Wildman–Crippen MR) is 155 cm³/mol. The highest BCUT2D eigenvalue weighted by atomic mass is 32.2. The molecule has 12 nitrogen and oxygen atoms in total. The number of ketones is 1. The summed E-state index contributed by atoms with van der Waals surface area (Å²) >= 11 is -2.34. The topological polar surface area (TPSA) is 177 Å². The lowest BCUT2D eigenvalue weighted by atomic mass is 9.70. The molecule has 1 aliphatic heterocycles. The van der Waals surface area contributed by atoms with Gasteiger partial charge in [0.15, 0.2) is 0 Å². The molecule has 13 heteroatoms. The maximum atomic E-state index is 14.3. The average Bonchev–Trinajstić information content (AvgIpc) is 3.67. The molecule has 4 fully saturated rings. The summed E-state index contributed by atoms with van der Waals surface area (Å²) < 4.78 is 23.3. The van der Waals surface area contributed by atoms with E-state index in [0.29, 0.717) is 32.2 Å².